The van der Waals surface area contributed by atoms with Gasteiger partial charge in [0.1, 0.15) is 11.4 Å². The molecular formula is C12H8N4O3S. The van der Waals surface area contributed by atoms with E-state index >= 15 is 0 Å². The first-order chi connectivity index (χ1) is 9.76. The fourth-order valence-corrected chi connectivity index (χ4v) is 2.64. The molecule has 8 heteroatoms. The summed E-state index contributed by atoms with van der Waals surface area (Å²) in [7, 11) is 1.55. The Morgan fingerprint density at radius 2 is 2.30 bits per heavy atom. The molecule has 4 rings (SSSR count). The lowest BCUT2D eigenvalue weighted by Gasteiger charge is -1.90. The fourth-order valence-electron chi connectivity index (χ4n) is 1.95. The van der Waals surface area contributed by atoms with Crippen molar-refractivity contribution >= 4 is 27.4 Å². The number of oxazole rings is 1. The Morgan fingerprint density at radius 1 is 1.40 bits per heavy atom. The molecule has 0 aliphatic rings. The summed E-state index contributed by atoms with van der Waals surface area (Å²) < 4.78 is 12.3. The molecule has 0 amide bonds. The highest BCUT2D eigenvalue weighted by Gasteiger charge is 2.17. The van der Waals surface area contributed by atoms with E-state index in [1.807, 2.05) is 0 Å². The van der Waals surface area contributed by atoms with Crippen molar-refractivity contribution in [3.63, 3.8) is 0 Å². The van der Waals surface area contributed by atoms with Gasteiger partial charge >= 0.3 is 0 Å². The highest BCUT2D eigenvalue weighted by molar-refractivity contribution is 7.18. The van der Waals surface area contributed by atoms with Crippen LogP contribution in [-0.2, 0) is 0 Å². The standard InChI is InChI=1S/C12H8N4O3S/c1-18-12-15-16-6(5-13-11(16)20-12)10-14-9-7(17)3-2-4-8(9)19-10/h2-5,17H,1H3. The lowest BCUT2D eigenvalue weighted by Crippen LogP contribution is -1.89. The quantitative estimate of drug-likeness (QED) is 0.609. The number of hydrogen-bond donors (Lipinski definition) is 1. The Morgan fingerprint density at radius 3 is 3.10 bits per heavy atom. The average Bonchev–Trinajstić information content (AvgIpc) is 3.10. The second-order valence-electron chi connectivity index (χ2n) is 4.05. The highest BCUT2D eigenvalue weighted by Crippen LogP contribution is 2.31. The largest absolute Gasteiger partial charge is 0.506 e. The third kappa shape index (κ3) is 1.48. The van der Waals surface area contributed by atoms with Crippen LogP contribution in [-0.4, -0.2) is 31.8 Å². The molecule has 0 saturated carbocycles. The number of aromatic hydroxyl groups is 1. The molecule has 4 aromatic rings. The number of benzene rings is 1. The topological polar surface area (TPSA) is 85.7 Å². The van der Waals surface area contributed by atoms with Crippen molar-refractivity contribution in [2.75, 3.05) is 7.11 Å². The van der Waals surface area contributed by atoms with E-state index in [4.69, 9.17) is 9.15 Å². The van der Waals surface area contributed by atoms with Gasteiger partial charge in [-0.15, -0.1) is 5.10 Å². The number of para-hydroxylation sites is 1. The summed E-state index contributed by atoms with van der Waals surface area (Å²) in [5.74, 6) is 0.427. The maximum Gasteiger partial charge on any atom is 0.294 e. The Labute approximate surface area is 116 Å². The maximum atomic E-state index is 9.76. The monoisotopic (exact) mass is 288 g/mol. The smallest absolute Gasteiger partial charge is 0.294 e. The van der Waals surface area contributed by atoms with Gasteiger partial charge in [-0.3, -0.25) is 0 Å². The van der Waals surface area contributed by atoms with E-state index < -0.39 is 0 Å². The third-order valence-electron chi connectivity index (χ3n) is 2.86. The predicted molar refractivity (Wildman–Crippen MR) is 72.1 cm³/mol. The molecule has 0 aliphatic carbocycles. The molecule has 0 bridgehead atoms. The summed E-state index contributed by atoms with van der Waals surface area (Å²) >= 11 is 1.32. The molecular weight excluding hydrogens is 280 g/mol. The second-order valence-corrected chi connectivity index (χ2v) is 4.97. The van der Waals surface area contributed by atoms with Crippen LogP contribution in [0.15, 0.2) is 28.8 Å². The Kier molecular flexibility index (Phi) is 2.21. The van der Waals surface area contributed by atoms with Gasteiger partial charge in [0.25, 0.3) is 5.19 Å². The van der Waals surface area contributed by atoms with Gasteiger partial charge in [-0.25, -0.2) is 9.97 Å². The van der Waals surface area contributed by atoms with E-state index in [9.17, 15) is 5.11 Å². The minimum atomic E-state index is 0.0779. The minimum Gasteiger partial charge on any atom is -0.506 e. The molecule has 1 N–H and O–H groups in total. The Balaban J connectivity index is 1.96. The molecule has 0 saturated heterocycles. The van der Waals surface area contributed by atoms with Crippen LogP contribution in [0.3, 0.4) is 0 Å². The predicted octanol–water partition coefficient (Wildman–Crippen LogP) is 2.31. The van der Waals surface area contributed by atoms with E-state index in [0.717, 1.165) is 0 Å². The van der Waals surface area contributed by atoms with Gasteiger partial charge in [0, 0.05) is 0 Å². The van der Waals surface area contributed by atoms with Gasteiger partial charge in [0.2, 0.25) is 10.9 Å². The zero-order valence-corrected chi connectivity index (χ0v) is 11.1. The van der Waals surface area contributed by atoms with Crippen LogP contribution in [0.4, 0.5) is 0 Å². The van der Waals surface area contributed by atoms with Gasteiger partial charge in [0.15, 0.2) is 11.1 Å². The number of fused-ring (bicyclic) bond motifs is 2. The summed E-state index contributed by atoms with van der Waals surface area (Å²) in [6.07, 6.45) is 1.63. The molecule has 0 unspecified atom stereocenters. The normalized spacial score (nSPS) is 11.4. The zero-order chi connectivity index (χ0) is 13.7. The second kappa shape index (κ2) is 3.94. The van der Waals surface area contributed by atoms with Gasteiger partial charge in [-0.2, -0.15) is 4.52 Å². The molecule has 1 aromatic carbocycles. The van der Waals surface area contributed by atoms with Crippen LogP contribution in [0.1, 0.15) is 0 Å². The number of rotatable bonds is 2. The van der Waals surface area contributed by atoms with Crippen molar-refractivity contribution < 1.29 is 14.3 Å². The van der Waals surface area contributed by atoms with Crippen LogP contribution >= 0.6 is 11.3 Å². The van der Waals surface area contributed by atoms with Crippen LogP contribution in [0, 0.1) is 0 Å². The number of methoxy groups -OCH3 is 1. The summed E-state index contributed by atoms with van der Waals surface area (Å²) in [5.41, 5.74) is 1.53. The summed E-state index contributed by atoms with van der Waals surface area (Å²) in [4.78, 5) is 9.20. The van der Waals surface area contributed by atoms with Crippen molar-refractivity contribution in [2.24, 2.45) is 0 Å². The maximum absolute atomic E-state index is 9.76. The van der Waals surface area contributed by atoms with Crippen molar-refractivity contribution in [1.29, 1.82) is 0 Å². The van der Waals surface area contributed by atoms with E-state index in [2.05, 4.69) is 15.1 Å². The first-order valence-electron chi connectivity index (χ1n) is 5.74. The SMILES string of the molecule is COc1nn2c(-c3nc4c(O)cccc4o3)cnc2s1. The van der Waals surface area contributed by atoms with E-state index in [1.54, 1.807) is 36.0 Å². The molecule has 20 heavy (non-hydrogen) atoms. The van der Waals surface area contributed by atoms with Crippen molar-refractivity contribution in [2.45, 2.75) is 0 Å². The molecule has 0 spiro atoms. The van der Waals surface area contributed by atoms with Crippen LogP contribution in [0.2, 0.25) is 0 Å². The molecule has 0 radical (unpaired) electrons. The van der Waals surface area contributed by atoms with E-state index in [1.165, 1.54) is 11.3 Å². The minimum absolute atomic E-state index is 0.0779. The lowest BCUT2D eigenvalue weighted by atomic mass is 10.3. The van der Waals surface area contributed by atoms with Gasteiger partial charge in [-0.1, -0.05) is 6.07 Å². The number of ether oxygens (including phenoxy) is 1. The third-order valence-corrected chi connectivity index (χ3v) is 3.74. The van der Waals surface area contributed by atoms with Crippen LogP contribution in [0.25, 0.3) is 27.6 Å². The van der Waals surface area contributed by atoms with Gasteiger partial charge in [-0.05, 0) is 23.5 Å². The average molecular weight is 288 g/mol. The lowest BCUT2D eigenvalue weighted by molar-refractivity contribution is 0.405. The molecule has 100 valence electrons. The number of hydrogen-bond acceptors (Lipinski definition) is 7. The van der Waals surface area contributed by atoms with Gasteiger partial charge < -0.3 is 14.3 Å². The summed E-state index contributed by atoms with van der Waals surface area (Å²) in [6, 6.07) is 5.00. The molecule has 3 heterocycles. The Hall–Kier alpha value is -2.61. The number of phenolic OH excluding ortho intramolecular Hbond substituents is 1. The number of nitrogens with zero attached hydrogens (tertiary/aromatic N) is 4. The van der Waals surface area contributed by atoms with E-state index in [-0.39, 0.29) is 5.75 Å². The van der Waals surface area contributed by atoms with Crippen molar-refractivity contribution in [1.82, 2.24) is 19.6 Å². The summed E-state index contributed by atoms with van der Waals surface area (Å²) in [5, 5.41) is 14.5. The first kappa shape index (κ1) is 11.2. The van der Waals surface area contributed by atoms with Crippen molar-refractivity contribution in [3.05, 3.63) is 24.4 Å². The molecule has 0 fully saturated rings. The number of imidazole rings is 1. The highest BCUT2D eigenvalue weighted by atomic mass is 32.1. The number of aromatic nitrogens is 4. The first-order valence-corrected chi connectivity index (χ1v) is 6.55. The molecule has 0 atom stereocenters. The molecule has 7 nitrogen and oxygen atoms in total. The fraction of sp³-hybridized carbons (Fsp3) is 0.0833. The zero-order valence-electron chi connectivity index (χ0n) is 10.3. The van der Waals surface area contributed by atoms with E-state index in [0.29, 0.717) is 32.8 Å². The van der Waals surface area contributed by atoms with Crippen LogP contribution in [0.5, 0.6) is 10.9 Å². The molecule has 0 aliphatic heterocycles. The molecule has 3 aromatic heterocycles. The van der Waals surface area contributed by atoms with Gasteiger partial charge in [0.05, 0.1) is 13.3 Å². The summed E-state index contributed by atoms with van der Waals surface area (Å²) in [6.45, 7) is 0. The Bertz CT molecular complexity index is 923. The number of phenols is 1. The van der Waals surface area contributed by atoms with Crippen molar-refractivity contribution in [3.8, 4) is 22.5 Å². The van der Waals surface area contributed by atoms with Crippen LogP contribution < -0.4 is 4.74 Å².